The van der Waals surface area contributed by atoms with Gasteiger partial charge in [0.2, 0.25) is 0 Å². The van der Waals surface area contributed by atoms with Crippen molar-refractivity contribution in [2.24, 2.45) is 5.92 Å². The number of amides is 1. The number of carbonyl (C=O) groups excluding carboxylic acids is 2. The molecule has 0 radical (unpaired) electrons. The van der Waals surface area contributed by atoms with E-state index in [-0.39, 0.29) is 6.54 Å². The number of imidazole rings is 1. The van der Waals surface area contributed by atoms with E-state index in [0.717, 1.165) is 35.9 Å². The maximum Gasteiger partial charge on any atom is 0.326 e. The molecule has 29 heavy (non-hydrogen) atoms. The van der Waals surface area contributed by atoms with Gasteiger partial charge in [0, 0.05) is 4.88 Å². The Bertz CT molecular complexity index is 1120. The van der Waals surface area contributed by atoms with Gasteiger partial charge in [-0.1, -0.05) is 19.1 Å². The van der Waals surface area contributed by atoms with Crippen molar-refractivity contribution in [1.29, 1.82) is 5.26 Å². The zero-order valence-electron chi connectivity index (χ0n) is 16.0. The normalized spacial score (nSPS) is 15.5. The summed E-state index contributed by atoms with van der Waals surface area (Å²) in [4.78, 5) is 29.8. The summed E-state index contributed by atoms with van der Waals surface area (Å²) in [5, 5.41) is 12.8. The second-order valence-electron chi connectivity index (χ2n) is 7.24. The van der Waals surface area contributed by atoms with E-state index in [2.05, 4.69) is 23.3 Å². The van der Waals surface area contributed by atoms with Crippen LogP contribution in [0.1, 0.15) is 29.3 Å². The number of carbonyl (C=O) groups is 2. The number of fused-ring (bicyclic) bond motifs is 2. The number of thiophene rings is 1. The predicted molar refractivity (Wildman–Crippen MR) is 110 cm³/mol. The number of anilines is 1. The minimum atomic E-state index is -0.525. The number of esters is 1. The SMILES string of the molecule is C[C@H]1CCc2c(sc(NC(=O)COC(=O)Cn3cnc4ccccc43)c2C#N)C1. The Hall–Kier alpha value is -3.18. The second-order valence-corrected chi connectivity index (χ2v) is 8.34. The van der Waals surface area contributed by atoms with E-state index in [4.69, 9.17) is 4.74 Å². The first-order chi connectivity index (χ1) is 14.0. The van der Waals surface area contributed by atoms with Crippen molar-refractivity contribution in [2.75, 3.05) is 11.9 Å². The highest BCUT2D eigenvalue weighted by molar-refractivity contribution is 7.16. The molecule has 0 fully saturated rings. The lowest BCUT2D eigenvalue weighted by molar-refractivity contribution is -0.147. The average Bonchev–Trinajstić information content (AvgIpc) is 3.26. The summed E-state index contributed by atoms with van der Waals surface area (Å²) < 4.78 is 6.79. The quantitative estimate of drug-likeness (QED) is 0.654. The van der Waals surface area contributed by atoms with Crippen LogP contribution >= 0.6 is 11.3 Å². The molecule has 2 heterocycles. The summed E-state index contributed by atoms with van der Waals surface area (Å²) in [5.74, 6) is -0.392. The Morgan fingerprint density at radius 1 is 1.41 bits per heavy atom. The van der Waals surface area contributed by atoms with Gasteiger partial charge in [0.1, 0.15) is 17.6 Å². The third kappa shape index (κ3) is 4.00. The zero-order chi connectivity index (χ0) is 20.4. The number of nitrogens with one attached hydrogen (secondary N) is 1. The average molecular weight is 408 g/mol. The third-order valence-electron chi connectivity index (χ3n) is 5.07. The van der Waals surface area contributed by atoms with Gasteiger partial charge in [-0.15, -0.1) is 11.3 Å². The summed E-state index contributed by atoms with van der Waals surface area (Å²) in [6.45, 7) is 1.77. The van der Waals surface area contributed by atoms with E-state index in [0.29, 0.717) is 16.5 Å². The van der Waals surface area contributed by atoms with Crippen molar-refractivity contribution in [2.45, 2.75) is 32.7 Å². The number of hydrogen-bond acceptors (Lipinski definition) is 6. The van der Waals surface area contributed by atoms with Crippen molar-refractivity contribution in [3.05, 3.63) is 46.6 Å². The Morgan fingerprint density at radius 2 is 2.24 bits per heavy atom. The number of aromatic nitrogens is 2. The third-order valence-corrected chi connectivity index (χ3v) is 6.24. The van der Waals surface area contributed by atoms with Crippen molar-refractivity contribution < 1.29 is 14.3 Å². The molecule has 148 valence electrons. The van der Waals surface area contributed by atoms with Gasteiger partial charge in [-0.05, 0) is 42.9 Å². The van der Waals surface area contributed by atoms with Crippen LogP contribution in [0.5, 0.6) is 0 Å². The molecular formula is C21H20N4O3S. The molecule has 1 aromatic carbocycles. The van der Waals surface area contributed by atoms with Crippen LogP contribution in [0, 0.1) is 17.2 Å². The lowest BCUT2D eigenvalue weighted by Gasteiger charge is -2.17. The van der Waals surface area contributed by atoms with Crippen molar-refractivity contribution in [3.8, 4) is 6.07 Å². The van der Waals surface area contributed by atoms with Crippen LogP contribution < -0.4 is 5.32 Å². The number of benzene rings is 1. The smallest absolute Gasteiger partial charge is 0.326 e. The van der Waals surface area contributed by atoms with E-state index in [9.17, 15) is 14.9 Å². The van der Waals surface area contributed by atoms with Gasteiger partial charge in [-0.25, -0.2) is 4.98 Å². The largest absolute Gasteiger partial charge is 0.454 e. The summed E-state index contributed by atoms with van der Waals surface area (Å²) in [6, 6.07) is 9.68. The molecule has 1 aliphatic rings. The van der Waals surface area contributed by atoms with E-state index < -0.39 is 18.5 Å². The molecular weight excluding hydrogens is 388 g/mol. The maximum absolute atomic E-state index is 12.3. The summed E-state index contributed by atoms with van der Waals surface area (Å²) in [6.07, 6.45) is 4.41. The van der Waals surface area contributed by atoms with Gasteiger partial charge < -0.3 is 14.6 Å². The monoisotopic (exact) mass is 408 g/mol. The van der Waals surface area contributed by atoms with Crippen LogP contribution in [-0.2, 0) is 33.7 Å². The number of nitriles is 1. The molecule has 0 saturated carbocycles. The second kappa shape index (κ2) is 8.05. The van der Waals surface area contributed by atoms with Crippen molar-refractivity contribution in [1.82, 2.24) is 9.55 Å². The predicted octanol–water partition coefficient (Wildman–Crippen LogP) is 3.28. The lowest BCUT2D eigenvalue weighted by Crippen LogP contribution is -2.22. The first-order valence-corrected chi connectivity index (χ1v) is 10.3. The molecule has 0 bridgehead atoms. The molecule has 8 heteroatoms. The van der Waals surface area contributed by atoms with Crippen LogP contribution in [0.4, 0.5) is 5.00 Å². The zero-order valence-corrected chi connectivity index (χ0v) is 16.8. The first kappa shape index (κ1) is 19.2. The highest BCUT2D eigenvalue weighted by Crippen LogP contribution is 2.39. The van der Waals surface area contributed by atoms with E-state index in [1.807, 2.05) is 24.3 Å². The molecule has 4 rings (SSSR count). The molecule has 0 aliphatic heterocycles. The Labute approximate surface area is 171 Å². The minimum Gasteiger partial charge on any atom is -0.454 e. The maximum atomic E-state index is 12.3. The van der Waals surface area contributed by atoms with Gasteiger partial charge in [0.15, 0.2) is 6.61 Å². The van der Waals surface area contributed by atoms with Gasteiger partial charge in [0.25, 0.3) is 5.91 Å². The topological polar surface area (TPSA) is 97.0 Å². The van der Waals surface area contributed by atoms with Gasteiger partial charge in [-0.2, -0.15) is 5.26 Å². The number of hydrogen-bond donors (Lipinski definition) is 1. The van der Waals surface area contributed by atoms with Crippen LogP contribution in [-0.4, -0.2) is 28.0 Å². The van der Waals surface area contributed by atoms with E-state index >= 15 is 0 Å². The van der Waals surface area contributed by atoms with E-state index in [1.165, 1.54) is 16.2 Å². The molecule has 2 aromatic heterocycles. The van der Waals surface area contributed by atoms with Crippen LogP contribution in [0.15, 0.2) is 30.6 Å². The summed E-state index contributed by atoms with van der Waals surface area (Å²) in [5.41, 5.74) is 3.21. The molecule has 3 aromatic rings. The number of rotatable bonds is 5. The number of ether oxygens (including phenoxy) is 1. The van der Waals surface area contributed by atoms with Crippen LogP contribution in [0.3, 0.4) is 0 Å². The molecule has 1 atom stereocenters. The van der Waals surface area contributed by atoms with Crippen LogP contribution in [0.25, 0.3) is 11.0 Å². The summed E-state index contributed by atoms with van der Waals surface area (Å²) in [7, 11) is 0. The highest BCUT2D eigenvalue weighted by Gasteiger charge is 2.24. The van der Waals surface area contributed by atoms with Gasteiger partial charge >= 0.3 is 5.97 Å². The molecule has 0 unspecified atom stereocenters. The minimum absolute atomic E-state index is 0.0254. The standard InChI is InChI=1S/C21H20N4O3S/c1-13-6-7-14-15(9-22)21(29-18(14)8-13)24-19(26)11-28-20(27)10-25-12-23-16-4-2-3-5-17(16)25/h2-5,12-13H,6-8,10-11H2,1H3,(H,24,26)/t13-/m0/s1. The van der Waals surface area contributed by atoms with Crippen LogP contribution in [0.2, 0.25) is 0 Å². The highest BCUT2D eigenvalue weighted by atomic mass is 32.1. The van der Waals surface area contributed by atoms with Gasteiger partial charge in [-0.3, -0.25) is 9.59 Å². The number of nitrogens with zero attached hydrogens (tertiary/aromatic N) is 3. The molecule has 0 saturated heterocycles. The fourth-order valence-corrected chi connectivity index (χ4v) is 4.96. The lowest BCUT2D eigenvalue weighted by atomic mass is 9.89. The Kier molecular flexibility index (Phi) is 5.32. The fourth-order valence-electron chi connectivity index (χ4n) is 3.59. The fraction of sp³-hybridized carbons (Fsp3) is 0.333. The van der Waals surface area contributed by atoms with Crippen molar-refractivity contribution in [3.63, 3.8) is 0 Å². The Morgan fingerprint density at radius 3 is 3.07 bits per heavy atom. The number of para-hydroxylation sites is 2. The van der Waals surface area contributed by atoms with Gasteiger partial charge in [0.05, 0.1) is 22.9 Å². The molecule has 1 aliphatic carbocycles. The van der Waals surface area contributed by atoms with E-state index in [1.54, 1.807) is 10.9 Å². The molecule has 1 amide bonds. The van der Waals surface area contributed by atoms with Crippen molar-refractivity contribution >= 4 is 39.2 Å². The summed E-state index contributed by atoms with van der Waals surface area (Å²) >= 11 is 1.45. The molecule has 1 N–H and O–H groups in total. The Balaban J connectivity index is 1.36. The first-order valence-electron chi connectivity index (χ1n) is 9.45. The molecule has 0 spiro atoms. The molecule has 7 nitrogen and oxygen atoms in total.